The van der Waals surface area contributed by atoms with Crippen molar-refractivity contribution in [1.29, 1.82) is 0 Å². The second-order valence-electron chi connectivity index (χ2n) is 5.41. The molecule has 0 fully saturated rings. The molecule has 1 aromatic heterocycles. The van der Waals surface area contributed by atoms with E-state index in [-0.39, 0.29) is 6.04 Å². The van der Waals surface area contributed by atoms with Gasteiger partial charge in [-0.25, -0.2) is 0 Å². The molecule has 0 unspecified atom stereocenters. The highest BCUT2D eigenvalue weighted by Crippen LogP contribution is 2.27. The molecule has 2 heterocycles. The smallest absolute Gasteiger partial charge is 0.0846 e. The normalized spacial score (nSPS) is 18.5. The van der Waals surface area contributed by atoms with E-state index < -0.39 is 0 Å². The number of nitrogens with two attached hydrogens (primary N) is 1. The maximum atomic E-state index is 6.17. The van der Waals surface area contributed by atoms with Crippen LogP contribution in [0.1, 0.15) is 16.8 Å². The average molecular weight is 256 g/mol. The van der Waals surface area contributed by atoms with Gasteiger partial charge in [0.1, 0.15) is 0 Å². The molecule has 0 aliphatic carbocycles. The summed E-state index contributed by atoms with van der Waals surface area (Å²) in [5.41, 5.74) is 11.2. The molecule has 4 nitrogen and oxygen atoms in total. The standard InChI is InChI=1S/C15H20N4/c1-11-8-18(2)17-14(11)10-19-9-13(16)7-12-5-3-4-6-15(12)19/h3-6,8,13H,7,9-10,16H2,1-2H3/t13-/m0/s1. The highest BCUT2D eigenvalue weighted by Gasteiger charge is 2.22. The van der Waals surface area contributed by atoms with Gasteiger partial charge in [-0.2, -0.15) is 5.10 Å². The van der Waals surface area contributed by atoms with E-state index in [4.69, 9.17) is 5.73 Å². The number of nitrogens with zero attached hydrogens (tertiary/aromatic N) is 3. The van der Waals surface area contributed by atoms with Crippen LogP contribution < -0.4 is 10.6 Å². The van der Waals surface area contributed by atoms with Gasteiger partial charge >= 0.3 is 0 Å². The fourth-order valence-corrected chi connectivity index (χ4v) is 2.86. The molecule has 2 aromatic rings. The molecule has 100 valence electrons. The van der Waals surface area contributed by atoms with Gasteiger partial charge in [-0.05, 0) is 30.5 Å². The lowest BCUT2D eigenvalue weighted by Gasteiger charge is -2.34. The van der Waals surface area contributed by atoms with Gasteiger partial charge in [0, 0.05) is 31.5 Å². The summed E-state index contributed by atoms with van der Waals surface area (Å²) in [5.74, 6) is 0. The minimum Gasteiger partial charge on any atom is -0.364 e. The topological polar surface area (TPSA) is 47.1 Å². The average Bonchev–Trinajstić information content (AvgIpc) is 2.67. The van der Waals surface area contributed by atoms with Gasteiger partial charge < -0.3 is 10.6 Å². The van der Waals surface area contributed by atoms with Crippen LogP contribution in [0, 0.1) is 6.92 Å². The van der Waals surface area contributed by atoms with Crippen molar-refractivity contribution < 1.29 is 0 Å². The first-order chi connectivity index (χ1) is 9.13. The molecule has 0 amide bonds. The van der Waals surface area contributed by atoms with Gasteiger partial charge in [-0.1, -0.05) is 18.2 Å². The second kappa shape index (κ2) is 4.70. The molecule has 0 spiro atoms. The summed E-state index contributed by atoms with van der Waals surface area (Å²) in [6, 6.07) is 8.74. The summed E-state index contributed by atoms with van der Waals surface area (Å²) in [5, 5.41) is 4.54. The molecule has 2 N–H and O–H groups in total. The molecule has 0 radical (unpaired) electrons. The molecule has 19 heavy (non-hydrogen) atoms. The fourth-order valence-electron chi connectivity index (χ4n) is 2.86. The first-order valence-electron chi connectivity index (χ1n) is 6.71. The number of benzene rings is 1. The van der Waals surface area contributed by atoms with Crippen LogP contribution in [-0.4, -0.2) is 22.4 Å². The Labute approximate surface area is 113 Å². The first-order valence-corrected chi connectivity index (χ1v) is 6.71. The van der Waals surface area contributed by atoms with Gasteiger partial charge in [0.15, 0.2) is 0 Å². The van der Waals surface area contributed by atoms with Crippen molar-refractivity contribution in [2.75, 3.05) is 11.4 Å². The third-order valence-corrected chi connectivity index (χ3v) is 3.72. The van der Waals surface area contributed by atoms with Gasteiger partial charge in [-0.15, -0.1) is 0 Å². The van der Waals surface area contributed by atoms with E-state index in [1.165, 1.54) is 16.8 Å². The van der Waals surface area contributed by atoms with E-state index in [1.54, 1.807) is 0 Å². The number of anilines is 1. The molecule has 1 aromatic carbocycles. The van der Waals surface area contributed by atoms with Crippen molar-refractivity contribution in [3.8, 4) is 0 Å². The van der Waals surface area contributed by atoms with Gasteiger partial charge in [0.2, 0.25) is 0 Å². The van der Waals surface area contributed by atoms with Crippen LogP contribution in [-0.2, 0) is 20.0 Å². The van der Waals surface area contributed by atoms with Crippen LogP contribution >= 0.6 is 0 Å². The maximum absolute atomic E-state index is 6.17. The van der Waals surface area contributed by atoms with Crippen molar-refractivity contribution in [2.45, 2.75) is 25.9 Å². The molecular formula is C15H20N4. The van der Waals surface area contributed by atoms with Crippen molar-refractivity contribution >= 4 is 5.69 Å². The van der Waals surface area contributed by atoms with Crippen molar-refractivity contribution in [3.63, 3.8) is 0 Å². The molecule has 0 saturated carbocycles. The molecule has 1 aliphatic rings. The zero-order valence-electron chi connectivity index (χ0n) is 11.5. The highest BCUT2D eigenvalue weighted by molar-refractivity contribution is 5.56. The number of hydrogen-bond acceptors (Lipinski definition) is 3. The number of hydrogen-bond donors (Lipinski definition) is 1. The Morgan fingerprint density at radius 2 is 2.16 bits per heavy atom. The Balaban J connectivity index is 1.91. The Kier molecular flexibility index (Phi) is 3.03. The minimum atomic E-state index is 0.207. The van der Waals surface area contributed by atoms with E-state index in [9.17, 15) is 0 Å². The summed E-state index contributed by atoms with van der Waals surface area (Å²) in [7, 11) is 1.96. The summed E-state index contributed by atoms with van der Waals surface area (Å²) >= 11 is 0. The van der Waals surface area contributed by atoms with E-state index in [0.717, 1.165) is 25.2 Å². The zero-order chi connectivity index (χ0) is 13.4. The third kappa shape index (κ3) is 2.36. The lowest BCUT2D eigenvalue weighted by atomic mass is 9.98. The molecular weight excluding hydrogens is 236 g/mol. The van der Waals surface area contributed by atoms with Crippen LogP contribution in [0.2, 0.25) is 0 Å². The van der Waals surface area contributed by atoms with Crippen LogP contribution in [0.3, 0.4) is 0 Å². The van der Waals surface area contributed by atoms with Crippen LogP contribution in [0.15, 0.2) is 30.5 Å². The maximum Gasteiger partial charge on any atom is 0.0846 e. The van der Waals surface area contributed by atoms with Crippen LogP contribution in [0.4, 0.5) is 5.69 Å². The van der Waals surface area contributed by atoms with Crippen molar-refractivity contribution in [2.24, 2.45) is 12.8 Å². The summed E-state index contributed by atoms with van der Waals surface area (Å²) in [6.07, 6.45) is 3.03. The number of aromatic nitrogens is 2. The quantitative estimate of drug-likeness (QED) is 0.888. The number of aryl methyl sites for hydroxylation is 2. The summed E-state index contributed by atoms with van der Waals surface area (Å²) in [6.45, 7) is 3.84. The molecule has 0 bridgehead atoms. The predicted octanol–water partition coefficient (Wildman–Crippen LogP) is 1.62. The first kappa shape index (κ1) is 12.2. The Hall–Kier alpha value is -1.81. The number of para-hydroxylation sites is 1. The van der Waals surface area contributed by atoms with E-state index >= 15 is 0 Å². The predicted molar refractivity (Wildman–Crippen MR) is 77.1 cm³/mol. The number of rotatable bonds is 2. The van der Waals surface area contributed by atoms with Crippen molar-refractivity contribution in [1.82, 2.24) is 9.78 Å². The molecule has 4 heteroatoms. The third-order valence-electron chi connectivity index (χ3n) is 3.72. The summed E-state index contributed by atoms with van der Waals surface area (Å²) < 4.78 is 1.88. The lowest BCUT2D eigenvalue weighted by Crippen LogP contribution is -2.43. The highest BCUT2D eigenvalue weighted by atomic mass is 15.3. The summed E-state index contributed by atoms with van der Waals surface area (Å²) in [4.78, 5) is 2.35. The van der Waals surface area contributed by atoms with Crippen LogP contribution in [0.5, 0.6) is 0 Å². The molecule has 3 rings (SSSR count). The van der Waals surface area contributed by atoms with E-state index in [2.05, 4.69) is 47.4 Å². The van der Waals surface area contributed by atoms with Crippen LogP contribution in [0.25, 0.3) is 0 Å². The second-order valence-corrected chi connectivity index (χ2v) is 5.41. The number of fused-ring (bicyclic) bond motifs is 1. The minimum absolute atomic E-state index is 0.207. The van der Waals surface area contributed by atoms with Gasteiger partial charge in [0.25, 0.3) is 0 Å². The van der Waals surface area contributed by atoms with Crippen molar-refractivity contribution in [3.05, 3.63) is 47.3 Å². The van der Waals surface area contributed by atoms with E-state index in [0.29, 0.717) is 0 Å². The Bertz CT molecular complexity index is 588. The molecule has 1 atom stereocenters. The SMILES string of the molecule is Cc1cn(C)nc1CN1C[C@@H](N)Cc2ccccc21. The lowest BCUT2D eigenvalue weighted by molar-refractivity contribution is 0.591. The zero-order valence-corrected chi connectivity index (χ0v) is 11.5. The van der Waals surface area contributed by atoms with Gasteiger partial charge in [-0.3, -0.25) is 4.68 Å². The molecule has 1 aliphatic heterocycles. The van der Waals surface area contributed by atoms with E-state index in [1.807, 2.05) is 11.7 Å². The van der Waals surface area contributed by atoms with Gasteiger partial charge in [0.05, 0.1) is 12.2 Å². The Morgan fingerprint density at radius 3 is 2.89 bits per heavy atom. The monoisotopic (exact) mass is 256 g/mol. The molecule has 0 saturated heterocycles. The Morgan fingerprint density at radius 1 is 1.37 bits per heavy atom. The largest absolute Gasteiger partial charge is 0.364 e. The fraction of sp³-hybridized carbons (Fsp3) is 0.400.